The number of benzene rings is 1. The van der Waals surface area contributed by atoms with Gasteiger partial charge < -0.3 is 10.6 Å². The van der Waals surface area contributed by atoms with E-state index in [-0.39, 0.29) is 35.8 Å². The molecule has 2 amide bonds. The molecule has 1 rings (SSSR count). The molecular weight excluding hydrogens is 332 g/mol. The lowest BCUT2D eigenvalue weighted by atomic mass is 10.3. The van der Waals surface area contributed by atoms with E-state index >= 15 is 0 Å². The Balaban J connectivity index is 2.66. The van der Waals surface area contributed by atoms with Crippen LogP contribution in [0, 0.1) is 0 Å². The average molecular weight is 356 g/mol. The second kappa shape index (κ2) is 8.76. The minimum atomic E-state index is -3.83. The minimum Gasteiger partial charge on any atom is -0.353 e. The van der Waals surface area contributed by atoms with Gasteiger partial charge >= 0.3 is 0 Å². The number of sulfonamides is 1. The van der Waals surface area contributed by atoms with Gasteiger partial charge in [0.1, 0.15) is 0 Å². The number of likely N-dealkylation sites (N-methyl/N-ethyl adjacent to an activating group) is 1. The van der Waals surface area contributed by atoms with Gasteiger partial charge in [-0.2, -0.15) is 0 Å². The zero-order valence-corrected chi connectivity index (χ0v) is 14.9. The van der Waals surface area contributed by atoms with Crippen molar-refractivity contribution in [3.05, 3.63) is 24.3 Å². The molecule has 0 atom stereocenters. The van der Waals surface area contributed by atoms with Gasteiger partial charge in [-0.25, -0.2) is 13.6 Å². The number of carbonyl (C=O) groups excluding carboxylic acids is 2. The van der Waals surface area contributed by atoms with Crippen LogP contribution in [0.2, 0.25) is 0 Å². The van der Waals surface area contributed by atoms with E-state index < -0.39 is 10.0 Å². The average Bonchev–Trinajstić information content (AvgIpc) is 2.44. The first-order chi connectivity index (χ1) is 11.1. The molecule has 134 valence electrons. The van der Waals surface area contributed by atoms with Crippen LogP contribution in [-0.2, 0) is 19.6 Å². The van der Waals surface area contributed by atoms with Gasteiger partial charge in [-0.15, -0.1) is 0 Å². The first-order valence-electron chi connectivity index (χ1n) is 7.56. The molecule has 0 aliphatic heterocycles. The molecule has 0 aromatic heterocycles. The molecule has 0 saturated heterocycles. The first kappa shape index (κ1) is 20.1. The molecule has 0 unspecified atom stereocenters. The van der Waals surface area contributed by atoms with Crippen LogP contribution in [0.5, 0.6) is 0 Å². The minimum absolute atomic E-state index is 0.0155. The van der Waals surface area contributed by atoms with Gasteiger partial charge in [-0.3, -0.25) is 14.5 Å². The van der Waals surface area contributed by atoms with Crippen molar-refractivity contribution in [2.45, 2.75) is 31.7 Å². The van der Waals surface area contributed by atoms with Crippen LogP contribution in [0.3, 0.4) is 0 Å². The monoisotopic (exact) mass is 356 g/mol. The van der Waals surface area contributed by atoms with Crippen molar-refractivity contribution in [3.8, 4) is 0 Å². The van der Waals surface area contributed by atoms with E-state index in [1.807, 2.05) is 20.8 Å². The molecule has 24 heavy (non-hydrogen) atoms. The third-order valence-electron chi connectivity index (χ3n) is 3.08. The maximum Gasteiger partial charge on any atom is 0.238 e. The Bertz CT molecular complexity index is 688. The molecule has 1 aromatic carbocycles. The number of nitrogens with zero attached hydrogens (tertiary/aromatic N) is 1. The number of carbonyl (C=O) groups is 2. The zero-order valence-electron chi connectivity index (χ0n) is 14.1. The smallest absolute Gasteiger partial charge is 0.238 e. The van der Waals surface area contributed by atoms with E-state index in [2.05, 4.69) is 10.6 Å². The van der Waals surface area contributed by atoms with Crippen LogP contribution >= 0.6 is 0 Å². The Morgan fingerprint density at radius 2 is 1.83 bits per heavy atom. The molecular formula is C15H24N4O4S. The second-order valence-electron chi connectivity index (χ2n) is 5.65. The number of anilines is 1. The van der Waals surface area contributed by atoms with Gasteiger partial charge in [0, 0.05) is 11.7 Å². The van der Waals surface area contributed by atoms with Gasteiger partial charge in [0.25, 0.3) is 0 Å². The third-order valence-corrected chi connectivity index (χ3v) is 3.99. The summed E-state index contributed by atoms with van der Waals surface area (Å²) in [6.07, 6.45) is 0. The predicted molar refractivity (Wildman–Crippen MR) is 91.8 cm³/mol. The summed E-state index contributed by atoms with van der Waals surface area (Å²) in [5, 5.41) is 10.4. The van der Waals surface area contributed by atoms with E-state index in [9.17, 15) is 18.0 Å². The molecule has 9 heteroatoms. The van der Waals surface area contributed by atoms with Crippen molar-refractivity contribution in [1.82, 2.24) is 10.2 Å². The molecule has 8 nitrogen and oxygen atoms in total. The Kier molecular flexibility index (Phi) is 7.33. The predicted octanol–water partition coefficient (Wildman–Crippen LogP) is 0.119. The van der Waals surface area contributed by atoms with Crippen LogP contribution in [0.1, 0.15) is 20.8 Å². The van der Waals surface area contributed by atoms with E-state index in [0.717, 1.165) is 0 Å². The number of rotatable bonds is 8. The van der Waals surface area contributed by atoms with Crippen molar-refractivity contribution in [3.63, 3.8) is 0 Å². The van der Waals surface area contributed by atoms with Gasteiger partial charge in [0.05, 0.1) is 18.0 Å². The van der Waals surface area contributed by atoms with Crippen molar-refractivity contribution in [2.24, 2.45) is 5.14 Å². The van der Waals surface area contributed by atoms with Gasteiger partial charge in [-0.1, -0.05) is 13.0 Å². The van der Waals surface area contributed by atoms with E-state index in [1.165, 1.54) is 18.2 Å². The van der Waals surface area contributed by atoms with Gasteiger partial charge in [0.2, 0.25) is 21.8 Å². The fourth-order valence-electron chi connectivity index (χ4n) is 2.00. The lowest BCUT2D eigenvalue weighted by molar-refractivity contribution is -0.123. The molecule has 4 N–H and O–H groups in total. The van der Waals surface area contributed by atoms with Crippen LogP contribution < -0.4 is 15.8 Å². The van der Waals surface area contributed by atoms with E-state index in [1.54, 1.807) is 11.0 Å². The lowest BCUT2D eigenvalue weighted by Crippen LogP contribution is -2.42. The number of primary sulfonamides is 1. The summed E-state index contributed by atoms with van der Waals surface area (Å²) in [6.45, 7) is 6.22. The molecule has 0 aliphatic carbocycles. The summed E-state index contributed by atoms with van der Waals surface area (Å²) in [7, 11) is -3.83. The molecule has 0 aliphatic rings. The molecule has 0 radical (unpaired) electrons. The Hall–Kier alpha value is -1.97. The SMILES string of the molecule is CCN(CC(=O)Nc1cccc(S(N)(=O)=O)c1)CC(=O)NC(C)C. The molecule has 0 fully saturated rings. The topological polar surface area (TPSA) is 122 Å². The van der Waals surface area contributed by atoms with Crippen LogP contribution in [0.4, 0.5) is 5.69 Å². The molecule has 0 spiro atoms. The van der Waals surface area contributed by atoms with Crippen molar-refractivity contribution in [1.29, 1.82) is 0 Å². The highest BCUT2D eigenvalue weighted by Gasteiger charge is 2.14. The van der Waals surface area contributed by atoms with Crippen LogP contribution in [0.25, 0.3) is 0 Å². The van der Waals surface area contributed by atoms with Gasteiger partial charge in [-0.05, 0) is 38.6 Å². The zero-order chi connectivity index (χ0) is 18.3. The second-order valence-corrected chi connectivity index (χ2v) is 7.21. The van der Waals surface area contributed by atoms with E-state index in [4.69, 9.17) is 5.14 Å². The van der Waals surface area contributed by atoms with E-state index in [0.29, 0.717) is 12.2 Å². The highest BCUT2D eigenvalue weighted by atomic mass is 32.2. The lowest BCUT2D eigenvalue weighted by Gasteiger charge is -2.20. The Morgan fingerprint density at radius 3 is 2.38 bits per heavy atom. The highest BCUT2D eigenvalue weighted by molar-refractivity contribution is 7.89. The summed E-state index contributed by atoms with van der Waals surface area (Å²) in [5.41, 5.74) is 0.328. The molecule has 0 bridgehead atoms. The van der Waals surface area contributed by atoms with Crippen LogP contribution in [0.15, 0.2) is 29.2 Å². The number of amides is 2. The van der Waals surface area contributed by atoms with Crippen molar-refractivity contribution in [2.75, 3.05) is 25.0 Å². The number of nitrogens with one attached hydrogen (secondary N) is 2. The molecule has 0 saturated carbocycles. The van der Waals surface area contributed by atoms with Crippen molar-refractivity contribution < 1.29 is 18.0 Å². The number of nitrogens with two attached hydrogens (primary N) is 1. The Morgan fingerprint density at radius 1 is 1.21 bits per heavy atom. The van der Waals surface area contributed by atoms with Crippen molar-refractivity contribution >= 4 is 27.5 Å². The quantitative estimate of drug-likeness (QED) is 0.611. The molecule has 1 aromatic rings. The number of hydrogen-bond donors (Lipinski definition) is 3. The number of hydrogen-bond acceptors (Lipinski definition) is 5. The first-order valence-corrected chi connectivity index (χ1v) is 9.11. The molecule has 0 heterocycles. The largest absolute Gasteiger partial charge is 0.353 e. The summed E-state index contributed by atoms with van der Waals surface area (Å²) in [5.74, 6) is -0.503. The summed E-state index contributed by atoms with van der Waals surface area (Å²) >= 11 is 0. The fourth-order valence-corrected chi connectivity index (χ4v) is 2.56. The van der Waals surface area contributed by atoms with Crippen LogP contribution in [-0.4, -0.2) is 50.8 Å². The summed E-state index contributed by atoms with van der Waals surface area (Å²) in [6, 6.07) is 5.72. The summed E-state index contributed by atoms with van der Waals surface area (Å²) < 4.78 is 22.6. The van der Waals surface area contributed by atoms with Gasteiger partial charge in [0.15, 0.2) is 0 Å². The third kappa shape index (κ3) is 7.07. The Labute approximate surface area is 142 Å². The standard InChI is InChI=1S/C15H24N4O4S/c1-4-19(9-14(20)17-11(2)3)10-15(21)18-12-6-5-7-13(8-12)24(16,22)23/h5-8,11H,4,9-10H2,1-3H3,(H,17,20)(H,18,21)(H2,16,22,23). The summed E-state index contributed by atoms with van der Waals surface area (Å²) in [4.78, 5) is 25.4. The highest BCUT2D eigenvalue weighted by Crippen LogP contribution is 2.14. The maximum atomic E-state index is 12.1. The normalized spacial score (nSPS) is 11.6. The maximum absolute atomic E-state index is 12.1. The fraction of sp³-hybridized carbons (Fsp3) is 0.467.